The maximum Gasteiger partial charge on any atom is 0.191 e. The van der Waals surface area contributed by atoms with Crippen molar-refractivity contribution in [3.8, 4) is 0 Å². The normalized spacial score (nSPS) is 14.6. The molecule has 1 aromatic carbocycles. The van der Waals surface area contributed by atoms with Gasteiger partial charge in [-0.05, 0) is 24.8 Å². The van der Waals surface area contributed by atoms with Crippen molar-refractivity contribution in [2.75, 3.05) is 20.2 Å². The summed E-state index contributed by atoms with van der Waals surface area (Å²) in [5.41, 5.74) is 1.31. The van der Waals surface area contributed by atoms with Gasteiger partial charge in [0.15, 0.2) is 5.96 Å². The summed E-state index contributed by atoms with van der Waals surface area (Å²) in [6.45, 7) is 12.2. The third-order valence-corrected chi connectivity index (χ3v) is 3.66. The smallest absolute Gasteiger partial charge is 0.191 e. The topological polar surface area (TPSA) is 45.7 Å². The van der Waals surface area contributed by atoms with Crippen molar-refractivity contribution in [2.45, 2.75) is 46.8 Å². The molecule has 2 atom stereocenters. The lowest BCUT2D eigenvalue weighted by atomic mass is 9.89. The highest BCUT2D eigenvalue weighted by molar-refractivity contribution is 14.0. The van der Waals surface area contributed by atoms with Crippen LogP contribution in [0.25, 0.3) is 0 Å². The first-order valence-electron chi connectivity index (χ1n) is 8.01. The number of ether oxygens (including phenoxy) is 1. The Labute approximate surface area is 158 Å². The maximum atomic E-state index is 5.57. The number of aliphatic imine (C=N–C) groups is 1. The number of methoxy groups -OCH3 is 1. The first-order valence-corrected chi connectivity index (χ1v) is 8.01. The fourth-order valence-electron chi connectivity index (χ4n) is 2.23. The van der Waals surface area contributed by atoms with E-state index in [2.05, 4.69) is 74.5 Å². The summed E-state index contributed by atoms with van der Waals surface area (Å²) in [6.07, 6.45) is 0.0926. The fraction of sp³-hybridized carbons (Fsp3) is 0.611. The molecule has 0 aliphatic heterocycles. The van der Waals surface area contributed by atoms with Crippen LogP contribution in [0, 0.1) is 5.41 Å². The molecule has 132 valence electrons. The molecule has 0 spiro atoms. The van der Waals surface area contributed by atoms with Crippen molar-refractivity contribution < 1.29 is 4.74 Å². The maximum absolute atomic E-state index is 5.57. The lowest BCUT2D eigenvalue weighted by Gasteiger charge is -2.28. The zero-order valence-corrected chi connectivity index (χ0v) is 17.5. The van der Waals surface area contributed by atoms with Crippen LogP contribution in [0.1, 0.15) is 46.2 Å². The van der Waals surface area contributed by atoms with Crippen LogP contribution in [-0.4, -0.2) is 32.3 Å². The number of rotatable bonds is 6. The van der Waals surface area contributed by atoms with Crippen LogP contribution in [0.4, 0.5) is 0 Å². The molecular weight excluding hydrogens is 401 g/mol. The standard InChI is InChI=1S/C18H31N3O.HI/c1-7-19-17(20-13-16(22-6)18(3,4)5)21-14(2)15-11-9-8-10-12-15;/h8-12,14,16H,7,13H2,1-6H3,(H2,19,20,21);1H. The van der Waals surface area contributed by atoms with Gasteiger partial charge in [-0.1, -0.05) is 51.1 Å². The molecule has 0 amide bonds. The molecule has 0 saturated heterocycles. The number of nitrogens with zero attached hydrogens (tertiary/aromatic N) is 1. The van der Waals surface area contributed by atoms with Crippen LogP contribution < -0.4 is 10.6 Å². The average molecular weight is 433 g/mol. The molecule has 1 rings (SSSR count). The molecule has 23 heavy (non-hydrogen) atoms. The summed E-state index contributed by atoms with van der Waals surface area (Å²) in [5.74, 6) is 0.824. The molecule has 0 bridgehead atoms. The highest BCUT2D eigenvalue weighted by Gasteiger charge is 2.24. The van der Waals surface area contributed by atoms with E-state index in [1.54, 1.807) is 7.11 Å². The van der Waals surface area contributed by atoms with Gasteiger partial charge in [0, 0.05) is 13.7 Å². The van der Waals surface area contributed by atoms with E-state index in [-0.39, 0.29) is 41.5 Å². The Kier molecular flexibility index (Phi) is 10.5. The second kappa shape index (κ2) is 10.9. The van der Waals surface area contributed by atoms with E-state index in [9.17, 15) is 0 Å². The van der Waals surface area contributed by atoms with Gasteiger partial charge >= 0.3 is 0 Å². The molecule has 0 radical (unpaired) electrons. The average Bonchev–Trinajstić information content (AvgIpc) is 2.47. The SMILES string of the molecule is CCNC(=NCC(OC)C(C)(C)C)NC(C)c1ccccc1.I. The predicted molar refractivity (Wildman–Crippen MR) is 110 cm³/mol. The first kappa shape index (κ1) is 22.2. The molecule has 0 heterocycles. The summed E-state index contributed by atoms with van der Waals surface area (Å²) in [4.78, 5) is 4.69. The zero-order valence-electron chi connectivity index (χ0n) is 15.2. The van der Waals surface area contributed by atoms with Crippen molar-refractivity contribution in [3.05, 3.63) is 35.9 Å². The number of guanidine groups is 1. The minimum Gasteiger partial charge on any atom is -0.379 e. The molecule has 0 fully saturated rings. The Hall–Kier alpha value is -0.820. The third-order valence-electron chi connectivity index (χ3n) is 3.66. The third kappa shape index (κ3) is 8.01. The number of halogens is 1. The molecule has 0 aliphatic carbocycles. The highest BCUT2D eigenvalue weighted by atomic mass is 127. The molecule has 0 aliphatic rings. The van der Waals surface area contributed by atoms with E-state index in [0.29, 0.717) is 6.54 Å². The minimum absolute atomic E-state index is 0. The van der Waals surface area contributed by atoms with Gasteiger partial charge in [-0.2, -0.15) is 0 Å². The quantitative estimate of drug-likeness (QED) is 0.405. The van der Waals surface area contributed by atoms with Crippen molar-refractivity contribution in [2.24, 2.45) is 10.4 Å². The Bertz CT molecular complexity index is 457. The van der Waals surface area contributed by atoms with E-state index in [1.165, 1.54) is 5.56 Å². The van der Waals surface area contributed by atoms with Gasteiger partial charge in [0.2, 0.25) is 0 Å². The van der Waals surface area contributed by atoms with Crippen LogP contribution in [0.5, 0.6) is 0 Å². The van der Waals surface area contributed by atoms with Crippen molar-refractivity contribution in [3.63, 3.8) is 0 Å². The minimum atomic E-state index is 0. The highest BCUT2D eigenvalue weighted by Crippen LogP contribution is 2.21. The molecule has 2 unspecified atom stereocenters. The van der Waals surface area contributed by atoms with E-state index >= 15 is 0 Å². The van der Waals surface area contributed by atoms with E-state index in [4.69, 9.17) is 4.74 Å². The Morgan fingerprint density at radius 3 is 2.30 bits per heavy atom. The fourth-order valence-corrected chi connectivity index (χ4v) is 2.23. The van der Waals surface area contributed by atoms with Crippen LogP contribution in [0.2, 0.25) is 0 Å². The van der Waals surface area contributed by atoms with Gasteiger partial charge in [0.25, 0.3) is 0 Å². The van der Waals surface area contributed by atoms with Gasteiger partial charge in [-0.25, -0.2) is 0 Å². The van der Waals surface area contributed by atoms with E-state index < -0.39 is 0 Å². The lowest BCUT2D eigenvalue weighted by molar-refractivity contribution is 0.0241. The second-order valence-electron chi connectivity index (χ2n) is 6.59. The Morgan fingerprint density at radius 2 is 1.83 bits per heavy atom. The summed E-state index contributed by atoms with van der Waals surface area (Å²) >= 11 is 0. The summed E-state index contributed by atoms with van der Waals surface area (Å²) in [6, 6.07) is 10.6. The molecular formula is C18H32IN3O. The van der Waals surface area contributed by atoms with Crippen LogP contribution in [0.15, 0.2) is 35.3 Å². The number of hydrogen-bond donors (Lipinski definition) is 2. The van der Waals surface area contributed by atoms with Crippen LogP contribution in [-0.2, 0) is 4.74 Å². The Morgan fingerprint density at radius 1 is 1.22 bits per heavy atom. The second-order valence-corrected chi connectivity index (χ2v) is 6.59. The number of benzene rings is 1. The summed E-state index contributed by atoms with van der Waals surface area (Å²) in [7, 11) is 1.75. The van der Waals surface area contributed by atoms with Crippen molar-refractivity contribution >= 4 is 29.9 Å². The summed E-state index contributed by atoms with van der Waals surface area (Å²) < 4.78 is 5.57. The number of hydrogen-bond acceptors (Lipinski definition) is 2. The van der Waals surface area contributed by atoms with Crippen LogP contribution >= 0.6 is 24.0 Å². The molecule has 0 aromatic heterocycles. The molecule has 0 saturated carbocycles. The van der Waals surface area contributed by atoms with Gasteiger partial charge < -0.3 is 15.4 Å². The van der Waals surface area contributed by atoms with Crippen LogP contribution in [0.3, 0.4) is 0 Å². The zero-order chi connectivity index (χ0) is 16.6. The van der Waals surface area contributed by atoms with E-state index in [0.717, 1.165) is 12.5 Å². The molecule has 5 heteroatoms. The molecule has 1 aromatic rings. The Balaban J connectivity index is 0.00000484. The monoisotopic (exact) mass is 433 g/mol. The summed E-state index contributed by atoms with van der Waals surface area (Å²) in [5, 5.41) is 6.75. The van der Waals surface area contributed by atoms with Gasteiger partial charge in [-0.15, -0.1) is 24.0 Å². The predicted octanol–water partition coefficient (Wildman–Crippen LogP) is 3.98. The largest absolute Gasteiger partial charge is 0.379 e. The molecule has 2 N–H and O–H groups in total. The van der Waals surface area contributed by atoms with Gasteiger partial charge in [0.05, 0.1) is 18.7 Å². The van der Waals surface area contributed by atoms with E-state index in [1.807, 2.05) is 6.07 Å². The van der Waals surface area contributed by atoms with Gasteiger partial charge in [-0.3, -0.25) is 4.99 Å². The molecule has 4 nitrogen and oxygen atoms in total. The first-order chi connectivity index (χ1) is 10.4. The van der Waals surface area contributed by atoms with Gasteiger partial charge in [0.1, 0.15) is 0 Å². The van der Waals surface area contributed by atoms with Crippen molar-refractivity contribution in [1.29, 1.82) is 0 Å². The lowest BCUT2D eigenvalue weighted by Crippen LogP contribution is -2.40. The van der Waals surface area contributed by atoms with Crippen molar-refractivity contribution in [1.82, 2.24) is 10.6 Å². The number of nitrogens with one attached hydrogen (secondary N) is 2.